The SMILES string of the molecule is CSc1sc(I)cc1C. The highest BCUT2D eigenvalue weighted by Crippen LogP contribution is 2.30. The molecule has 0 aromatic carbocycles. The van der Waals surface area contributed by atoms with Crippen molar-refractivity contribution in [3.05, 3.63) is 14.5 Å². The third-order valence-electron chi connectivity index (χ3n) is 1.03. The van der Waals surface area contributed by atoms with Crippen LogP contribution in [0.25, 0.3) is 0 Å². The first-order valence-electron chi connectivity index (χ1n) is 2.54. The van der Waals surface area contributed by atoms with Gasteiger partial charge in [-0.2, -0.15) is 0 Å². The molecule has 0 atom stereocenters. The topological polar surface area (TPSA) is 0 Å². The van der Waals surface area contributed by atoms with E-state index in [2.05, 4.69) is 41.8 Å². The van der Waals surface area contributed by atoms with Gasteiger partial charge in [0.25, 0.3) is 0 Å². The molecular weight excluding hydrogens is 263 g/mol. The Kier molecular flexibility index (Phi) is 2.85. The van der Waals surface area contributed by atoms with Gasteiger partial charge in [-0.05, 0) is 47.4 Å². The predicted octanol–water partition coefficient (Wildman–Crippen LogP) is 3.38. The van der Waals surface area contributed by atoms with Crippen molar-refractivity contribution in [2.24, 2.45) is 0 Å². The van der Waals surface area contributed by atoms with Gasteiger partial charge in [0.05, 0.1) is 7.09 Å². The molecule has 0 nitrogen and oxygen atoms in total. The third-order valence-corrected chi connectivity index (χ3v) is 4.26. The summed E-state index contributed by atoms with van der Waals surface area (Å²) in [6.07, 6.45) is 2.12. The van der Waals surface area contributed by atoms with Gasteiger partial charge in [0.2, 0.25) is 0 Å². The Morgan fingerprint density at radius 1 is 1.67 bits per heavy atom. The predicted molar refractivity (Wildman–Crippen MR) is 53.6 cm³/mol. The van der Waals surface area contributed by atoms with Gasteiger partial charge < -0.3 is 0 Å². The maximum Gasteiger partial charge on any atom is 0.0668 e. The zero-order chi connectivity index (χ0) is 6.85. The van der Waals surface area contributed by atoms with Gasteiger partial charge in [0, 0.05) is 0 Å². The molecule has 1 heterocycles. The second kappa shape index (κ2) is 3.25. The molecule has 0 amide bonds. The van der Waals surface area contributed by atoms with Crippen LogP contribution in [0.1, 0.15) is 5.56 Å². The highest BCUT2D eigenvalue weighted by molar-refractivity contribution is 14.1. The third kappa shape index (κ3) is 1.85. The zero-order valence-corrected chi connectivity index (χ0v) is 9.06. The lowest BCUT2D eigenvalue weighted by Crippen LogP contribution is -1.62. The van der Waals surface area contributed by atoms with E-state index >= 15 is 0 Å². The minimum atomic E-state index is 1.38. The van der Waals surface area contributed by atoms with Crippen LogP contribution < -0.4 is 0 Å². The van der Waals surface area contributed by atoms with Crippen molar-refractivity contribution < 1.29 is 0 Å². The molecule has 0 spiro atoms. The van der Waals surface area contributed by atoms with Gasteiger partial charge in [0.1, 0.15) is 0 Å². The van der Waals surface area contributed by atoms with Crippen LogP contribution in [0.3, 0.4) is 0 Å². The molecule has 0 aliphatic rings. The first kappa shape index (κ1) is 7.88. The van der Waals surface area contributed by atoms with Gasteiger partial charge in [-0.1, -0.05) is 0 Å². The summed E-state index contributed by atoms with van der Waals surface area (Å²) in [5.41, 5.74) is 1.41. The molecule has 50 valence electrons. The summed E-state index contributed by atoms with van der Waals surface area (Å²) in [6, 6.07) is 2.22. The highest BCUT2D eigenvalue weighted by Gasteiger charge is 1.99. The molecule has 0 fully saturated rings. The van der Waals surface area contributed by atoms with E-state index in [4.69, 9.17) is 0 Å². The Morgan fingerprint density at radius 2 is 2.33 bits per heavy atom. The van der Waals surface area contributed by atoms with E-state index in [0.29, 0.717) is 0 Å². The number of thiophene rings is 1. The molecule has 0 bridgehead atoms. The van der Waals surface area contributed by atoms with Crippen molar-refractivity contribution in [1.82, 2.24) is 0 Å². The van der Waals surface area contributed by atoms with Crippen molar-refractivity contribution in [3.63, 3.8) is 0 Å². The maximum atomic E-state index is 2.35. The summed E-state index contributed by atoms with van der Waals surface area (Å²) in [5, 5.41) is 0. The lowest BCUT2D eigenvalue weighted by atomic mass is 10.4. The Hall–Kier alpha value is 0.780. The minimum absolute atomic E-state index is 1.38. The zero-order valence-electron chi connectivity index (χ0n) is 5.27. The molecule has 0 N–H and O–H groups in total. The molecule has 0 aliphatic heterocycles. The normalized spacial score (nSPS) is 10.1. The van der Waals surface area contributed by atoms with Crippen molar-refractivity contribution >= 4 is 45.7 Å². The van der Waals surface area contributed by atoms with E-state index in [1.165, 1.54) is 12.7 Å². The average Bonchev–Trinajstić information content (AvgIpc) is 2.10. The van der Waals surface area contributed by atoms with Crippen LogP contribution in [-0.2, 0) is 0 Å². The Morgan fingerprint density at radius 3 is 2.56 bits per heavy atom. The Labute approximate surface area is 77.2 Å². The average molecular weight is 270 g/mol. The number of halogens is 1. The number of hydrogen-bond donors (Lipinski definition) is 0. The van der Waals surface area contributed by atoms with Crippen LogP contribution in [0.5, 0.6) is 0 Å². The van der Waals surface area contributed by atoms with E-state index in [0.717, 1.165) is 0 Å². The fourth-order valence-corrected chi connectivity index (χ4v) is 3.82. The smallest absolute Gasteiger partial charge is 0.0668 e. The molecular formula is C6H7IS2. The summed E-state index contributed by atoms with van der Waals surface area (Å²) < 4.78 is 2.83. The fourth-order valence-electron chi connectivity index (χ4n) is 0.630. The van der Waals surface area contributed by atoms with Crippen LogP contribution in [-0.4, -0.2) is 6.26 Å². The van der Waals surface area contributed by atoms with Gasteiger partial charge in [-0.3, -0.25) is 0 Å². The van der Waals surface area contributed by atoms with E-state index in [1.54, 1.807) is 0 Å². The molecule has 9 heavy (non-hydrogen) atoms. The monoisotopic (exact) mass is 270 g/mol. The van der Waals surface area contributed by atoms with Crippen molar-refractivity contribution in [2.45, 2.75) is 11.1 Å². The maximum absolute atomic E-state index is 2.35. The summed E-state index contributed by atoms with van der Waals surface area (Å²) >= 11 is 6.05. The van der Waals surface area contributed by atoms with E-state index < -0.39 is 0 Å². The molecule has 0 saturated heterocycles. The standard InChI is InChI=1S/C6H7IS2/c1-4-3-5(7)9-6(4)8-2/h3H,1-2H3. The highest BCUT2D eigenvalue weighted by atomic mass is 127. The first-order chi connectivity index (χ1) is 4.24. The van der Waals surface area contributed by atoms with E-state index in [-0.39, 0.29) is 0 Å². The van der Waals surface area contributed by atoms with Gasteiger partial charge in [-0.25, -0.2) is 0 Å². The summed E-state index contributed by atoms with van der Waals surface area (Å²) in [4.78, 5) is 0. The van der Waals surface area contributed by atoms with Gasteiger partial charge in [-0.15, -0.1) is 23.1 Å². The van der Waals surface area contributed by atoms with Crippen molar-refractivity contribution in [2.75, 3.05) is 6.26 Å². The number of thioether (sulfide) groups is 1. The molecule has 1 rings (SSSR count). The number of hydrogen-bond acceptors (Lipinski definition) is 2. The summed E-state index contributed by atoms with van der Waals surface area (Å²) in [6.45, 7) is 2.16. The Bertz CT molecular complexity index is 205. The van der Waals surface area contributed by atoms with Crippen LogP contribution in [0.4, 0.5) is 0 Å². The van der Waals surface area contributed by atoms with Crippen LogP contribution >= 0.6 is 45.7 Å². The largest absolute Gasteiger partial charge is 0.123 e. The number of aryl methyl sites for hydroxylation is 1. The van der Waals surface area contributed by atoms with Gasteiger partial charge >= 0.3 is 0 Å². The van der Waals surface area contributed by atoms with Crippen LogP contribution in [0.15, 0.2) is 10.3 Å². The molecule has 1 aromatic heterocycles. The van der Waals surface area contributed by atoms with E-state index in [1.807, 2.05) is 23.1 Å². The van der Waals surface area contributed by atoms with Crippen LogP contribution in [0.2, 0.25) is 0 Å². The van der Waals surface area contributed by atoms with Crippen LogP contribution in [0, 0.1) is 9.81 Å². The lowest BCUT2D eigenvalue weighted by molar-refractivity contribution is 1.43. The first-order valence-corrected chi connectivity index (χ1v) is 5.66. The fraction of sp³-hybridized carbons (Fsp3) is 0.333. The minimum Gasteiger partial charge on any atom is -0.123 e. The molecule has 0 unspecified atom stereocenters. The lowest BCUT2D eigenvalue weighted by Gasteiger charge is -1.87. The quantitative estimate of drug-likeness (QED) is 0.557. The van der Waals surface area contributed by atoms with Crippen molar-refractivity contribution in [3.8, 4) is 0 Å². The summed E-state index contributed by atoms with van der Waals surface area (Å²) in [7, 11) is 0. The molecule has 0 saturated carbocycles. The molecule has 0 radical (unpaired) electrons. The molecule has 0 aliphatic carbocycles. The van der Waals surface area contributed by atoms with E-state index in [9.17, 15) is 0 Å². The van der Waals surface area contributed by atoms with Gasteiger partial charge in [0.15, 0.2) is 0 Å². The number of rotatable bonds is 1. The second-order valence-electron chi connectivity index (χ2n) is 1.73. The molecule has 1 aromatic rings. The Balaban J connectivity index is 3.01. The molecule has 3 heteroatoms. The summed E-state index contributed by atoms with van der Waals surface area (Å²) in [5.74, 6) is 0. The second-order valence-corrected chi connectivity index (χ2v) is 5.75. The van der Waals surface area contributed by atoms with Crippen molar-refractivity contribution in [1.29, 1.82) is 0 Å².